The van der Waals surface area contributed by atoms with E-state index in [0.29, 0.717) is 5.56 Å². The van der Waals surface area contributed by atoms with E-state index in [2.05, 4.69) is 57.0 Å². The van der Waals surface area contributed by atoms with Crippen molar-refractivity contribution in [2.75, 3.05) is 0 Å². The molecule has 4 nitrogen and oxygen atoms in total. The lowest BCUT2D eigenvalue weighted by molar-refractivity contribution is 0.0954. The van der Waals surface area contributed by atoms with Crippen molar-refractivity contribution < 1.29 is 4.79 Å². The molecule has 0 atom stereocenters. The summed E-state index contributed by atoms with van der Waals surface area (Å²) in [4.78, 5) is 12.3. The van der Waals surface area contributed by atoms with Crippen LogP contribution in [0.3, 0.4) is 0 Å². The van der Waals surface area contributed by atoms with Crippen LogP contribution in [-0.4, -0.2) is 16.7 Å². The number of aromatic nitrogens is 1. The smallest absolute Gasteiger partial charge is 0.272 e. The molecule has 1 aromatic heterocycles. The molecule has 0 unspecified atom stereocenters. The summed E-state index contributed by atoms with van der Waals surface area (Å²) in [7, 11) is 0. The Morgan fingerprint density at radius 2 is 1.92 bits per heavy atom. The summed E-state index contributed by atoms with van der Waals surface area (Å²) >= 11 is 3.38. The topological polar surface area (TPSA) is 46.4 Å². The highest BCUT2D eigenvalue weighted by molar-refractivity contribution is 9.10. The maximum Gasteiger partial charge on any atom is 0.272 e. The lowest BCUT2D eigenvalue weighted by atomic mass is 10.1. The summed E-state index contributed by atoms with van der Waals surface area (Å²) in [6.45, 7) is 5.22. The summed E-state index contributed by atoms with van der Waals surface area (Å²) in [5, 5.41) is 5.33. The molecule has 3 rings (SSSR count). The average Bonchev–Trinajstić information content (AvgIpc) is 2.88. The van der Waals surface area contributed by atoms with Gasteiger partial charge in [-0.15, -0.1) is 0 Å². The number of para-hydroxylation sites is 1. The van der Waals surface area contributed by atoms with Crippen LogP contribution in [-0.2, 0) is 6.54 Å². The fourth-order valence-corrected chi connectivity index (χ4v) is 3.46. The van der Waals surface area contributed by atoms with Gasteiger partial charge in [-0.3, -0.25) is 4.79 Å². The van der Waals surface area contributed by atoms with E-state index < -0.39 is 0 Å². The Morgan fingerprint density at radius 3 is 2.68 bits per heavy atom. The second-order valence-corrected chi connectivity index (χ2v) is 6.70. The molecule has 3 aromatic rings. The normalized spacial score (nSPS) is 11.3. The Bertz CT molecular complexity index is 943. The van der Waals surface area contributed by atoms with Gasteiger partial charge in [0.25, 0.3) is 5.91 Å². The monoisotopic (exact) mass is 397 g/mol. The lowest BCUT2D eigenvalue weighted by Gasteiger charge is -2.05. The second-order valence-electron chi connectivity index (χ2n) is 5.85. The third-order valence-electron chi connectivity index (χ3n) is 4.21. The van der Waals surface area contributed by atoms with Crippen LogP contribution >= 0.6 is 15.9 Å². The van der Waals surface area contributed by atoms with Gasteiger partial charge < -0.3 is 4.57 Å². The highest BCUT2D eigenvalue weighted by atomic mass is 79.9. The molecule has 0 aliphatic heterocycles. The number of rotatable bonds is 5. The zero-order valence-corrected chi connectivity index (χ0v) is 15.9. The number of carbonyl (C=O) groups is 1. The fraction of sp³-hybridized carbons (Fsp3) is 0.200. The van der Waals surface area contributed by atoms with Crippen molar-refractivity contribution in [2.24, 2.45) is 5.10 Å². The third kappa shape index (κ3) is 3.51. The van der Waals surface area contributed by atoms with Crippen molar-refractivity contribution in [3.63, 3.8) is 0 Å². The summed E-state index contributed by atoms with van der Waals surface area (Å²) in [6, 6.07) is 15.6. The largest absolute Gasteiger partial charge is 0.344 e. The van der Waals surface area contributed by atoms with Crippen LogP contribution < -0.4 is 5.43 Å². The van der Waals surface area contributed by atoms with Crippen LogP contribution in [0.15, 0.2) is 58.1 Å². The van der Waals surface area contributed by atoms with E-state index in [1.807, 2.05) is 30.3 Å². The SMILES string of the molecule is CCCn1c(C)c(/C=N\NC(=O)c2ccccc2Br)c2ccccc21. The van der Waals surface area contributed by atoms with Crippen LogP contribution in [0, 0.1) is 6.92 Å². The van der Waals surface area contributed by atoms with E-state index in [0.717, 1.165) is 34.1 Å². The molecule has 0 saturated heterocycles. The second kappa shape index (κ2) is 7.66. The van der Waals surface area contributed by atoms with E-state index in [4.69, 9.17) is 0 Å². The Kier molecular flexibility index (Phi) is 5.34. The first kappa shape index (κ1) is 17.4. The van der Waals surface area contributed by atoms with E-state index in [-0.39, 0.29) is 5.91 Å². The summed E-state index contributed by atoms with van der Waals surface area (Å²) in [6.07, 6.45) is 2.80. The molecule has 2 aromatic carbocycles. The zero-order chi connectivity index (χ0) is 17.8. The van der Waals surface area contributed by atoms with Gasteiger partial charge in [0, 0.05) is 33.2 Å². The van der Waals surface area contributed by atoms with Crippen molar-refractivity contribution >= 4 is 39.0 Å². The molecule has 1 heterocycles. The molecule has 0 saturated carbocycles. The highest BCUT2D eigenvalue weighted by Crippen LogP contribution is 2.24. The Morgan fingerprint density at radius 1 is 1.20 bits per heavy atom. The predicted molar refractivity (Wildman–Crippen MR) is 106 cm³/mol. The summed E-state index contributed by atoms with van der Waals surface area (Å²) in [5.41, 5.74) is 6.56. The molecule has 0 spiro atoms. The van der Waals surface area contributed by atoms with E-state index >= 15 is 0 Å². The minimum Gasteiger partial charge on any atom is -0.344 e. The molecule has 0 radical (unpaired) electrons. The van der Waals surface area contributed by atoms with Gasteiger partial charge in [0.1, 0.15) is 0 Å². The van der Waals surface area contributed by atoms with Gasteiger partial charge in [-0.25, -0.2) is 5.43 Å². The molecular formula is C20H20BrN3O. The number of nitrogens with one attached hydrogen (secondary N) is 1. The van der Waals surface area contributed by atoms with Crippen LogP contribution in [0.1, 0.15) is 35.0 Å². The number of fused-ring (bicyclic) bond motifs is 1. The van der Waals surface area contributed by atoms with Gasteiger partial charge in [-0.1, -0.05) is 37.3 Å². The molecule has 0 aliphatic rings. The number of amides is 1. The first-order valence-electron chi connectivity index (χ1n) is 8.29. The number of benzene rings is 2. The predicted octanol–water partition coefficient (Wildman–Crippen LogP) is 4.89. The Labute approximate surface area is 155 Å². The highest BCUT2D eigenvalue weighted by Gasteiger charge is 2.12. The third-order valence-corrected chi connectivity index (χ3v) is 4.90. The average molecular weight is 398 g/mol. The Balaban J connectivity index is 1.88. The zero-order valence-electron chi connectivity index (χ0n) is 14.3. The quantitative estimate of drug-likeness (QED) is 0.483. The maximum atomic E-state index is 12.3. The molecule has 5 heteroatoms. The number of nitrogens with zero attached hydrogens (tertiary/aromatic N) is 2. The van der Waals surface area contributed by atoms with E-state index in [1.54, 1.807) is 12.3 Å². The van der Waals surface area contributed by atoms with Gasteiger partial charge in [-0.05, 0) is 47.5 Å². The first-order valence-corrected chi connectivity index (χ1v) is 9.08. The number of halogens is 1. The molecule has 128 valence electrons. The van der Waals surface area contributed by atoms with Gasteiger partial charge >= 0.3 is 0 Å². The molecule has 0 bridgehead atoms. The maximum absolute atomic E-state index is 12.3. The number of hydrazone groups is 1. The van der Waals surface area contributed by atoms with E-state index in [1.165, 1.54) is 5.52 Å². The van der Waals surface area contributed by atoms with Gasteiger partial charge in [-0.2, -0.15) is 5.10 Å². The molecular weight excluding hydrogens is 378 g/mol. The van der Waals surface area contributed by atoms with Crippen LogP contribution in [0.4, 0.5) is 0 Å². The minimum atomic E-state index is -0.237. The van der Waals surface area contributed by atoms with Gasteiger partial charge in [0.2, 0.25) is 0 Å². The Hall–Kier alpha value is -2.40. The van der Waals surface area contributed by atoms with Crippen molar-refractivity contribution in [3.8, 4) is 0 Å². The van der Waals surface area contributed by atoms with E-state index in [9.17, 15) is 4.79 Å². The number of carbonyl (C=O) groups excluding carboxylic acids is 1. The van der Waals surface area contributed by atoms with Gasteiger partial charge in [0.05, 0.1) is 11.8 Å². The van der Waals surface area contributed by atoms with Crippen molar-refractivity contribution in [1.82, 2.24) is 9.99 Å². The first-order chi connectivity index (χ1) is 12.1. The summed E-state index contributed by atoms with van der Waals surface area (Å²) < 4.78 is 3.05. The number of hydrogen-bond donors (Lipinski definition) is 1. The minimum absolute atomic E-state index is 0.237. The van der Waals surface area contributed by atoms with Crippen LogP contribution in [0.2, 0.25) is 0 Å². The fourth-order valence-electron chi connectivity index (χ4n) is 2.99. The van der Waals surface area contributed by atoms with Crippen LogP contribution in [0.5, 0.6) is 0 Å². The van der Waals surface area contributed by atoms with Crippen LogP contribution in [0.25, 0.3) is 10.9 Å². The molecule has 0 aliphatic carbocycles. The van der Waals surface area contributed by atoms with Crippen molar-refractivity contribution in [2.45, 2.75) is 26.8 Å². The molecule has 1 amide bonds. The van der Waals surface area contributed by atoms with Crippen molar-refractivity contribution in [1.29, 1.82) is 0 Å². The van der Waals surface area contributed by atoms with Crippen molar-refractivity contribution in [3.05, 3.63) is 69.8 Å². The van der Waals surface area contributed by atoms with Gasteiger partial charge in [0.15, 0.2) is 0 Å². The standard InChI is InChI=1S/C20H20BrN3O/c1-3-12-24-14(2)17(15-8-5-7-11-19(15)24)13-22-23-20(25)16-9-4-6-10-18(16)21/h4-11,13H,3,12H2,1-2H3,(H,23,25)/b22-13-. The summed E-state index contributed by atoms with van der Waals surface area (Å²) in [5.74, 6) is -0.237. The molecule has 0 fully saturated rings. The number of hydrogen-bond acceptors (Lipinski definition) is 2. The molecule has 1 N–H and O–H groups in total. The lowest BCUT2D eigenvalue weighted by Crippen LogP contribution is -2.18. The number of aryl methyl sites for hydroxylation is 1. The molecule has 25 heavy (non-hydrogen) atoms.